The smallest absolute Gasteiger partial charge is 0.251 e. The van der Waals surface area contributed by atoms with Gasteiger partial charge in [0.2, 0.25) is 5.91 Å². The quantitative estimate of drug-likeness (QED) is 0.585. The molecule has 0 unspecified atom stereocenters. The zero-order valence-corrected chi connectivity index (χ0v) is 11.6. The predicted octanol–water partition coefficient (Wildman–Crippen LogP) is 0.0278. The molecular weight excluding hydrogens is 258 g/mol. The van der Waals surface area contributed by atoms with Crippen LogP contribution in [0, 0.1) is 0 Å². The molecule has 1 rings (SSSR count). The number of hydrogen-bond donors (Lipinski definition) is 3. The summed E-state index contributed by atoms with van der Waals surface area (Å²) in [6.45, 7) is 1.53. The van der Waals surface area contributed by atoms with Crippen LogP contribution >= 0.6 is 0 Å². The van der Waals surface area contributed by atoms with E-state index in [1.54, 1.807) is 12.1 Å². The van der Waals surface area contributed by atoms with Gasteiger partial charge in [-0.1, -0.05) is 12.1 Å². The first-order valence-corrected chi connectivity index (χ1v) is 6.50. The van der Waals surface area contributed by atoms with E-state index in [0.717, 1.165) is 5.56 Å². The Labute approximate surface area is 118 Å². The highest BCUT2D eigenvalue weighted by Crippen LogP contribution is 2.03. The third-order valence-electron chi connectivity index (χ3n) is 2.69. The molecule has 0 atom stereocenters. The van der Waals surface area contributed by atoms with Crippen LogP contribution in [-0.4, -0.2) is 38.6 Å². The molecule has 0 aliphatic carbocycles. The molecule has 1 aromatic carbocycles. The van der Waals surface area contributed by atoms with Gasteiger partial charge in [0.15, 0.2) is 0 Å². The lowest BCUT2D eigenvalue weighted by Gasteiger charge is -2.07. The van der Waals surface area contributed by atoms with E-state index in [0.29, 0.717) is 31.6 Å². The molecule has 0 aliphatic heterocycles. The first-order valence-electron chi connectivity index (χ1n) is 6.50. The number of methoxy groups -OCH3 is 1. The van der Waals surface area contributed by atoms with Crippen LogP contribution < -0.4 is 16.4 Å². The molecule has 20 heavy (non-hydrogen) atoms. The molecule has 1 aromatic rings. The van der Waals surface area contributed by atoms with Crippen molar-refractivity contribution in [1.29, 1.82) is 0 Å². The molecule has 0 bridgehead atoms. The van der Waals surface area contributed by atoms with Gasteiger partial charge in [0, 0.05) is 32.3 Å². The summed E-state index contributed by atoms with van der Waals surface area (Å²) < 4.78 is 4.68. The summed E-state index contributed by atoms with van der Waals surface area (Å²) in [5.41, 5.74) is 7.08. The topological polar surface area (TPSA) is 93.5 Å². The Bertz CT molecular complexity index is 432. The van der Waals surface area contributed by atoms with Crippen LogP contribution in [-0.2, 0) is 16.1 Å². The van der Waals surface area contributed by atoms with Crippen LogP contribution in [0.4, 0.5) is 0 Å². The molecule has 0 aromatic heterocycles. The van der Waals surface area contributed by atoms with E-state index >= 15 is 0 Å². The number of ether oxygens (including phenoxy) is 1. The Kier molecular flexibility index (Phi) is 7.31. The summed E-state index contributed by atoms with van der Waals surface area (Å²) in [6.07, 6.45) is 0.669. The molecule has 0 heterocycles. The van der Waals surface area contributed by atoms with Gasteiger partial charge in [0.1, 0.15) is 6.61 Å². The summed E-state index contributed by atoms with van der Waals surface area (Å²) >= 11 is 0. The van der Waals surface area contributed by atoms with Crippen molar-refractivity contribution in [1.82, 2.24) is 10.6 Å². The van der Waals surface area contributed by atoms with Crippen LogP contribution in [0.15, 0.2) is 24.3 Å². The third kappa shape index (κ3) is 5.81. The number of carbonyl (C=O) groups excluding carboxylic acids is 2. The summed E-state index contributed by atoms with van der Waals surface area (Å²) in [6, 6.07) is 7.16. The molecule has 6 heteroatoms. The van der Waals surface area contributed by atoms with Gasteiger partial charge in [-0.25, -0.2) is 0 Å². The molecular formula is C14H21N3O3. The van der Waals surface area contributed by atoms with Crippen molar-refractivity contribution in [2.24, 2.45) is 5.73 Å². The Balaban J connectivity index is 2.21. The van der Waals surface area contributed by atoms with Gasteiger partial charge >= 0.3 is 0 Å². The number of nitrogens with two attached hydrogens (primary N) is 1. The molecule has 110 valence electrons. The molecule has 2 amide bonds. The second-order valence-electron chi connectivity index (χ2n) is 4.29. The lowest BCUT2D eigenvalue weighted by Crippen LogP contribution is -2.31. The van der Waals surface area contributed by atoms with E-state index in [1.807, 2.05) is 12.1 Å². The lowest BCUT2D eigenvalue weighted by atomic mass is 10.1. The Morgan fingerprint density at radius 3 is 2.40 bits per heavy atom. The first kappa shape index (κ1) is 16.1. The highest BCUT2D eigenvalue weighted by Gasteiger charge is 2.04. The largest absolute Gasteiger partial charge is 0.375 e. The van der Waals surface area contributed by atoms with Crippen molar-refractivity contribution >= 4 is 11.8 Å². The van der Waals surface area contributed by atoms with E-state index in [9.17, 15) is 9.59 Å². The normalized spacial score (nSPS) is 10.1. The van der Waals surface area contributed by atoms with Crippen molar-refractivity contribution in [3.05, 3.63) is 35.4 Å². The highest BCUT2D eigenvalue weighted by molar-refractivity contribution is 5.94. The first-order chi connectivity index (χ1) is 9.67. The van der Waals surface area contributed by atoms with Gasteiger partial charge < -0.3 is 21.1 Å². The molecule has 4 N–H and O–H groups in total. The second kappa shape index (κ2) is 9.06. The number of rotatable bonds is 8. The SMILES string of the molecule is COCC(=O)NCCCNC(=O)c1ccc(CN)cc1. The third-order valence-corrected chi connectivity index (χ3v) is 2.69. The Morgan fingerprint density at radius 2 is 1.80 bits per heavy atom. The Morgan fingerprint density at radius 1 is 1.15 bits per heavy atom. The van der Waals surface area contributed by atoms with Crippen molar-refractivity contribution in [3.63, 3.8) is 0 Å². The van der Waals surface area contributed by atoms with Crippen LogP contribution in [0.25, 0.3) is 0 Å². The monoisotopic (exact) mass is 279 g/mol. The van der Waals surface area contributed by atoms with Crippen molar-refractivity contribution < 1.29 is 14.3 Å². The molecule has 0 saturated heterocycles. The summed E-state index contributed by atoms with van der Waals surface area (Å²) in [4.78, 5) is 22.9. The average Bonchev–Trinajstić information content (AvgIpc) is 2.47. The average molecular weight is 279 g/mol. The fourth-order valence-electron chi connectivity index (χ4n) is 1.59. The zero-order chi connectivity index (χ0) is 14.8. The standard InChI is InChI=1S/C14H21N3O3/c1-20-10-13(18)16-7-2-8-17-14(19)12-5-3-11(9-15)4-6-12/h3-6H,2,7-10,15H2,1H3,(H,16,18)(H,17,19). The minimum Gasteiger partial charge on any atom is -0.375 e. The molecule has 6 nitrogen and oxygen atoms in total. The number of benzene rings is 1. The van der Waals surface area contributed by atoms with E-state index in [1.165, 1.54) is 7.11 Å². The van der Waals surface area contributed by atoms with Gasteiger partial charge in [-0.05, 0) is 24.1 Å². The number of nitrogens with one attached hydrogen (secondary N) is 2. The summed E-state index contributed by atoms with van der Waals surface area (Å²) in [5.74, 6) is -0.284. The van der Waals surface area contributed by atoms with E-state index in [-0.39, 0.29) is 18.4 Å². The van der Waals surface area contributed by atoms with E-state index in [2.05, 4.69) is 15.4 Å². The highest BCUT2D eigenvalue weighted by atomic mass is 16.5. The van der Waals surface area contributed by atoms with Gasteiger partial charge in [-0.15, -0.1) is 0 Å². The Hall–Kier alpha value is -1.92. The van der Waals surface area contributed by atoms with Crippen LogP contribution in [0.5, 0.6) is 0 Å². The summed E-state index contributed by atoms with van der Waals surface area (Å²) in [5, 5.41) is 5.47. The van der Waals surface area contributed by atoms with Crippen LogP contribution in [0.2, 0.25) is 0 Å². The predicted molar refractivity (Wildman–Crippen MR) is 76.2 cm³/mol. The maximum Gasteiger partial charge on any atom is 0.251 e. The lowest BCUT2D eigenvalue weighted by molar-refractivity contribution is -0.124. The fraction of sp³-hybridized carbons (Fsp3) is 0.429. The zero-order valence-electron chi connectivity index (χ0n) is 11.6. The molecule has 0 fully saturated rings. The van der Waals surface area contributed by atoms with Crippen LogP contribution in [0.3, 0.4) is 0 Å². The van der Waals surface area contributed by atoms with Crippen molar-refractivity contribution in [3.8, 4) is 0 Å². The minimum atomic E-state index is -0.156. The van der Waals surface area contributed by atoms with Gasteiger partial charge in [0.05, 0.1) is 0 Å². The van der Waals surface area contributed by atoms with Gasteiger partial charge in [-0.3, -0.25) is 9.59 Å². The maximum atomic E-state index is 11.8. The van der Waals surface area contributed by atoms with E-state index in [4.69, 9.17) is 5.73 Å². The van der Waals surface area contributed by atoms with Gasteiger partial charge in [0.25, 0.3) is 5.91 Å². The van der Waals surface area contributed by atoms with Gasteiger partial charge in [-0.2, -0.15) is 0 Å². The molecule has 0 aliphatic rings. The summed E-state index contributed by atoms with van der Waals surface area (Å²) in [7, 11) is 1.47. The number of carbonyl (C=O) groups is 2. The fourth-order valence-corrected chi connectivity index (χ4v) is 1.59. The second-order valence-corrected chi connectivity index (χ2v) is 4.29. The van der Waals surface area contributed by atoms with Crippen molar-refractivity contribution in [2.45, 2.75) is 13.0 Å². The maximum absolute atomic E-state index is 11.8. The minimum absolute atomic E-state index is 0.0554. The van der Waals surface area contributed by atoms with Crippen LogP contribution in [0.1, 0.15) is 22.3 Å². The van der Waals surface area contributed by atoms with E-state index < -0.39 is 0 Å². The number of amides is 2. The van der Waals surface area contributed by atoms with Crippen molar-refractivity contribution in [2.75, 3.05) is 26.8 Å². The number of hydrogen-bond acceptors (Lipinski definition) is 4. The molecule has 0 saturated carbocycles. The molecule has 0 radical (unpaired) electrons. The molecule has 0 spiro atoms.